The molecule has 66 valence electrons. The van der Waals surface area contributed by atoms with Crippen molar-refractivity contribution in [1.82, 2.24) is 14.6 Å². The summed E-state index contributed by atoms with van der Waals surface area (Å²) >= 11 is 3.14. The Balaban J connectivity index is 2.84. The summed E-state index contributed by atoms with van der Waals surface area (Å²) in [4.78, 5) is 13.8. The first-order valence-corrected chi connectivity index (χ1v) is 4.11. The van der Waals surface area contributed by atoms with Gasteiger partial charge in [0.15, 0.2) is 0 Å². The van der Waals surface area contributed by atoms with E-state index in [-0.39, 0.29) is 11.3 Å². The smallest absolute Gasteiger partial charge is 0.258 e. The van der Waals surface area contributed by atoms with Gasteiger partial charge in [0.05, 0.1) is 4.92 Å². The Hall–Kier alpha value is -1.50. The van der Waals surface area contributed by atoms with Gasteiger partial charge in [0.1, 0.15) is 6.33 Å². The van der Waals surface area contributed by atoms with Crippen LogP contribution in [0, 0.1) is 10.1 Å². The number of hydrogen-bond acceptors (Lipinski definition) is 4. The maximum absolute atomic E-state index is 10.6. The molecule has 0 saturated heterocycles. The summed E-state index contributed by atoms with van der Waals surface area (Å²) in [5.41, 5.74) is 0.181. The minimum absolute atomic E-state index is 0.0631. The van der Waals surface area contributed by atoms with Crippen LogP contribution < -0.4 is 0 Å². The molecule has 0 atom stereocenters. The zero-order valence-corrected chi connectivity index (χ0v) is 7.80. The third-order valence-electron chi connectivity index (χ3n) is 1.52. The maximum Gasteiger partial charge on any atom is 0.314 e. The normalized spacial score (nSPS) is 10.5. The van der Waals surface area contributed by atoms with Crippen LogP contribution in [-0.2, 0) is 0 Å². The quantitative estimate of drug-likeness (QED) is 0.560. The van der Waals surface area contributed by atoms with Crippen molar-refractivity contribution in [2.24, 2.45) is 0 Å². The van der Waals surface area contributed by atoms with E-state index in [1.54, 1.807) is 6.20 Å². The number of aromatic nitrogens is 3. The van der Waals surface area contributed by atoms with Crippen LogP contribution in [-0.4, -0.2) is 19.5 Å². The molecule has 2 aromatic heterocycles. The van der Waals surface area contributed by atoms with E-state index in [1.807, 2.05) is 0 Å². The fraction of sp³-hybridized carbons (Fsp3) is 0. The standard InChI is InChI=1S/C6H3BrN4O2/c7-4-1-5(11(12)13)6-8-3-9-10(6)2-4/h1-3H. The molecule has 0 amide bonds. The van der Waals surface area contributed by atoms with Gasteiger partial charge >= 0.3 is 5.69 Å². The van der Waals surface area contributed by atoms with Crippen molar-refractivity contribution in [1.29, 1.82) is 0 Å². The Morgan fingerprint density at radius 3 is 3.08 bits per heavy atom. The predicted molar refractivity (Wildman–Crippen MR) is 47.3 cm³/mol. The summed E-state index contributed by atoms with van der Waals surface area (Å²) in [7, 11) is 0. The summed E-state index contributed by atoms with van der Waals surface area (Å²) in [6, 6.07) is 1.39. The number of fused-ring (bicyclic) bond motifs is 1. The van der Waals surface area contributed by atoms with Gasteiger partial charge in [-0.25, -0.2) is 9.50 Å². The van der Waals surface area contributed by atoms with E-state index in [0.717, 1.165) is 0 Å². The fourth-order valence-electron chi connectivity index (χ4n) is 1.01. The highest BCUT2D eigenvalue weighted by Gasteiger charge is 2.14. The monoisotopic (exact) mass is 242 g/mol. The van der Waals surface area contributed by atoms with E-state index in [9.17, 15) is 10.1 Å². The van der Waals surface area contributed by atoms with Crippen molar-refractivity contribution >= 4 is 27.3 Å². The molecule has 0 unspecified atom stereocenters. The third-order valence-corrected chi connectivity index (χ3v) is 1.95. The van der Waals surface area contributed by atoms with E-state index >= 15 is 0 Å². The summed E-state index contributed by atoms with van der Waals surface area (Å²) in [5, 5.41) is 14.4. The molecule has 0 bridgehead atoms. The van der Waals surface area contributed by atoms with E-state index in [0.29, 0.717) is 4.47 Å². The Bertz CT molecular complexity index is 480. The first-order chi connectivity index (χ1) is 6.18. The Labute approximate surface area is 80.5 Å². The van der Waals surface area contributed by atoms with Crippen LogP contribution in [0.1, 0.15) is 0 Å². The molecule has 7 heteroatoms. The molecule has 0 N–H and O–H groups in total. The van der Waals surface area contributed by atoms with Crippen LogP contribution >= 0.6 is 15.9 Å². The van der Waals surface area contributed by atoms with Gasteiger partial charge in [0, 0.05) is 16.7 Å². The molecule has 0 aliphatic heterocycles. The van der Waals surface area contributed by atoms with E-state index < -0.39 is 4.92 Å². The van der Waals surface area contributed by atoms with E-state index in [4.69, 9.17) is 0 Å². The van der Waals surface area contributed by atoms with E-state index in [2.05, 4.69) is 26.0 Å². The lowest BCUT2D eigenvalue weighted by Crippen LogP contribution is -1.94. The van der Waals surface area contributed by atoms with Gasteiger partial charge in [-0.1, -0.05) is 0 Å². The molecule has 0 fully saturated rings. The van der Waals surface area contributed by atoms with Gasteiger partial charge in [0.2, 0.25) is 5.65 Å². The Morgan fingerprint density at radius 2 is 2.38 bits per heavy atom. The molecule has 0 aromatic carbocycles. The Kier molecular flexibility index (Phi) is 1.73. The van der Waals surface area contributed by atoms with Crippen LogP contribution in [0.4, 0.5) is 5.69 Å². The average molecular weight is 243 g/mol. The number of halogens is 1. The van der Waals surface area contributed by atoms with Gasteiger partial charge < -0.3 is 0 Å². The molecule has 13 heavy (non-hydrogen) atoms. The largest absolute Gasteiger partial charge is 0.314 e. The topological polar surface area (TPSA) is 73.3 Å². The number of pyridine rings is 1. The number of nitrogens with zero attached hydrogens (tertiary/aromatic N) is 4. The second-order valence-corrected chi connectivity index (χ2v) is 3.24. The van der Waals surface area contributed by atoms with Crippen molar-refractivity contribution in [2.45, 2.75) is 0 Å². The third kappa shape index (κ3) is 1.26. The van der Waals surface area contributed by atoms with Crippen molar-refractivity contribution in [2.75, 3.05) is 0 Å². The lowest BCUT2D eigenvalue weighted by Gasteiger charge is -1.94. The van der Waals surface area contributed by atoms with Crippen LogP contribution in [0.3, 0.4) is 0 Å². The number of nitro groups is 1. The van der Waals surface area contributed by atoms with Gasteiger partial charge in [-0.3, -0.25) is 10.1 Å². The van der Waals surface area contributed by atoms with Crippen molar-refractivity contribution < 1.29 is 4.92 Å². The summed E-state index contributed by atoms with van der Waals surface area (Å²) in [6.07, 6.45) is 2.88. The Morgan fingerprint density at radius 1 is 1.62 bits per heavy atom. The molecule has 0 radical (unpaired) electrons. The fourth-order valence-corrected chi connectivity index (χ4v) is 1.42. The zero-order valence-electron chi connectivity index (χ0n) is 6.22. The van der Waals surface area contributed by atoms with E-state index in [1.165, 1.54) is 16.9 Å². The first-order valence-electron chi connectivity index (χ1n) is 3.32. The van der Waals surface area contributed by atoms with Gasteiger partial charge in [-0.05, 0) is 15.9 Å². The second-order valence-electron chi connectivity index (χ2n) is 2.33. The van der Waals surface area contributed by atoms with Crippen LogP contribution in [0.25, 0.3) is 5.65 Å². The van der Waals surface area contributed by atoms with Crippen LogP contribution in [0.15, 0.2) is 23.1 Å². The second kappa shape index (κ2) is 2.77. The highest BCUT2D eigenvalue weighted by atomic mass is 79.9. The molecule has 0 spiro atoms. The molecule has 2 aromatic rings. The highest BCUT2D eigenvalue weighted by molar-refractivity contribution is 9.10. The molecule has 0 aliphatic carbocycles. The van der Waals surface area contributed by atoms with Gasteiger partial charge in [-0.2, -0.15) is 5.10 Å². The minimum atomic E-state index is -0.491. The zero-order chi connectivity index (χ0) is 9.42. The first kappa shape index (κ1) is 8.11. The summed E-state index contributed by atoms with van der Waals surface area (Å²) in [6.45, 7) is 0. The van der Waals surface area contributed by atoms with Crippen molar-refractivity contribution in [3.05, 3.63) is 33.2 Å². The SMILES string of the molecule is O=[N+]([O-])c1cc(Br)cn2ncnc12. The minimum Gasteiger partial charge on any atom is -0.258 e. The van der Waals surface area contributed by atoms with Gasteiger partial charge in [0.25, 0.3) is 0 Å². The molecular formula is C6H3BrN4O2. The number of hydrogen-bond donors (Lipinski definition) is 0. The van der Waals surface area contributed by atoms with Gasteiger partial charge in [-0.15, -0.1) is 0 Å². The molecular weight excluding hydrogens is 240 g/mol. The molecule has 0 aliphatic rings. The summed E-state index contributed by atoms with van der Waals surface area (Å²) < 4.78 is 1.94. The molecule has 0 saturated carbocycles. The lowest BCUT2D eigenvalue weighted by atomic mass is 10.4. The molecule has 2 heterocycles. The lowest BCUT2D eigenvalue weighted by molar-refractivity contribution is -0.383. The van der Waals surface area contributed by atoms with Crippen LogP contribution in [0.5, 0.6) is 0 Å². The van der Waals surface area contributed by atoms with Crippen molar-refractivity contribution in [3.8, 4) is 0 Å². The maximum atomic E-state index is 10.6. The molecule has 6 nitrogen and oxygen atoms in total. The van der Waals surface area contributed by atoms with Crippen molar-refractivity contribution in [3.63, 3.8) is 0 Å². The predicted octanol–water partition coefficient (Wildman–Crippen LogP) is 1.40. The van der Waals surface area contributed by atoms with Crippen LogP contribution in [0.2, 0.25) is 0 Å². The summed E-state index contributed by atoms with van der Waals surface area (Å²) in [5.74, 6) is 0. The highest BCUT2D eigenvalue weighted by Crippen LogP contribution is 2.21. The molecule has 2 rings (SSSR count). The average Bonchev–Trinajstić information content (AvgIpc) is 2.49. The number of rotatable bonds is 1.